The summed E-state index contributed by atoms with van der Waals surface area (Å²) in [5.74, 6) is -0.977. The van der Waals surface area contributed by atoms with Crippen LogP contribution in [-0.2, 0) is 19.1 Å². The average Bonchev–Trinajstić information content (AvgIpc) is 2.78. The lowest BCUT2D eigenvalue weighted by molar-refractivity contribution is -0.151. The van der Waals surface area contributed by atoms with Crippen LogP contribution in [0, 0.1) is 5.92 Å². The number of nitrogens with one attached hydrogen (secondary N) is 1. The molecular weight excluding hydrogens is 238 g/mol. The number of carbonyl (C=O) groups excluding carboxylic acids is 1. The van der Waals surface area contributed by atoms with E-state index in [1.165, 1.54) is 0 Å². The normalized spacial score (nSPS) is 25.1. The first-order valence-corrected chi connectivity index (χ1v) is 6.14. The van der Waals surface area contributed by atoms with Crippen molar-refractivity contribution in [2.24, 2.45) is 5.92 Å². The van der Waals surface area contributed by atoms with Crippen molar-refractivity contribution in [1.29, 1.82) is 0 Å². The van der Waals surface area contributed by atoms with Gasteiger partial charge in [-0.3, -0.25) is 4.79 Å². The zero-order chi connectivity index (χ0) is 13.7. The summed E-state index contributed by atoms with van der Waals surface area (Å²) in [7, 11) is 1.60. The lowest BCUT2D eigenvalue weighted by atomic mass is 10.1. The van der Waals surface area contributed by atoms with Gasteiger partial charge in [-0.2, -0.15) is 0 Å². The third kappa shape index (κ3) is 3.96. The van der Waals surface area contributed by atoms with Crippen molar-refractivity contribution >= 4 is 11.9 Å². The van der Waals surface area contributed by atoms with E-state index < -0.39 is 18.2 Å². The molecule has 104 valence electrons. The molecule has 1 aliphatic rings. The van der Waals surface area contributed by atoms with Crippen molar-refractivity contribution < 1.29 is 24.2 Å². The smallest absolute Gasteiger partial charge is 0.332 e. The van der Waals surface area contributed by atoms with Crippen LogP contribution in [0.1, 0.15) is 26.7 Å². The second-order valence-corrected chi connectivity index (χ2v) is 4.79. The van der Waals surface area contributed by atoms with Gasteiger partial charge in [-0.25, -0.2) is 4.79 Å². The van der Waals surface area contributed by atoms with E-state index in [9.17, 15) is 9.59 Å². The van der Waals surface area contributed by atoms with Crippen molar-refractivity contribution in [1.82, 2.24) is 5.32 Å². The standard InChI is InChI=1S/C12H21NO5/c1-7(2)10(17-3)6-13-11(14)8-4-5-9(18-8)12(15)16/h7-10H,4-6H2,1-3H3,(H,13,14)(H,15,16)/t8-,9+,10?/m0/s1. The van der Waals surface area contributed by atoms with Gasteiger partial charge in [0.1, 0.15) is 6.10 Å². The maximum Gasteiger partial charge on any atom is 0.332 e. The Morgan fingerprint density at radius 3 is 2.44 bits per heavy atom. The molecule has 18 heavy (non-hydrogen) atoms. The molecule has 0 aromatic carbocycles. The summed E-state index contributed by atoms with van der Waals surface area (Å²) in [6.45, 7) is 4.42. The molecule has 1 aliphatic heterocycles. The van der Waals surface area contributed by atoms with Crippen LogP contribution in [0.25, 0.3) is 0 Å². The summed E-state index contributed by atoms with van der Waals surface area (Å²) in [5.41, 5.74) is 0. The molecule has 1 rings (SSSR count). The highest BCUT2D eigenvalue weighted by Crippen LogP contribution is 2.20. The van der Waals surface area contributed by atoms with Gasteiger partial charge in [-0.05, 0) is 18.8 Å². The molecule has 0 aromatic heterocycles. The molecule has 0 spiro atoms. The van der Waals surface area contributed by atoms with E-state index in [0.29, 0.717) is 25.3 Å². The number of carboxylic acids is 1. The number of methoxy groups -OCH3 is 1. The Labute approximate surface area is 107 Å². The van der Waals surface area contributed by atoms with Crippen LogP contribution in [-0.4, -0.2) is 48.9 Å². The van der Waals surface area contributed by atoms with Crippen molar-refractivity contribution in [3.8, 4) is 0 Å². The molecule has 0 bridgehead atoms. The van der Waals surface area contributed by atoms with Crippen LogP contribution in [0.3, 0.4) is 0 Å². The van der Waals surface area contributed by atoms with Gasteiger partial charge in [0, 0.05) is 13.7 Å². The third-order valence-corrected chi connectivity index (χ3v) is 3.11. The van der Waals surface area contributed by atoms with Crippen LogP contribution in [0.15, 0.2) is 0 Å². The molecule has 3 atom stereocenters. The molecule has 2 N–H and O–H groups in total. The molecule has 6 heteroatoms. The first kappa shape index (κ1) is 14.9. The predicted octanol–water partition coefficient (Wildman–Crippen LogP) is 0.406. The summed E-state index contributed by atoms with van der Waals surface area (Å²) in [5, 5.41) is 11.5. The number of rotatable bonds is 6. The second kappa shape index (κ2) is 6.70. The first-order valence-electron chi connectivity index (χ1n) is 6.14. The Bertz CT molecular complexity index is 305. The van der Waals surface area contributed by atoms with E-state index in [-0.39, 0.29) is 12.0 Å². The van der Waals surface area contributed by atoms with Gasteiger partial charge in [0.2, 0.25) is 5.91 Å². The lowest BCUT2D eigenvalue weighted by Crippen LogP contribution is -2.41. The Morgan fingerprint density at radius 1 is 1.39 bits per heavy atom. The van der Waals surface area contributed by atoms with Gasteiger partial charge in [0.25, 0.3) is 0 Å². The summed E-state index contributed by atoms with van der Waals surface area (Å²) in [4.78, 5) is 22.5. The van der Waals surface area contributed by atoms with Crippen LogP contribution < -0.4 is 5.32 Å². The Morgan fingerprint density at radius 2 is 2.00 bits per heavy atom. The SMILES string of the molecule is COC(CNC(=O)[C@@H]1CC[C@H](C(=O)O)O1)C(C)C. The van der Waals surface area contributed by atoms with E-state index in [1.807, 2.05) is 13.8 Å². The maximum atomic E-state index is 11.8. The molecule has 0 radical (unpaired) electrons. The minimum atomic E-state index is -1.01. The molecule has 0 aromatic rings. The van der Waals surface area contributed by atoms with Crippen LogP contribution >= 0.6 is 0 Å². The number of carbonyl (C=O) groups is 2. The molecule has 1 unspecified atom stereocenters. The van der Waals surface area contributed by atoms with Crippen LogP contribution in [0.2, 0.25) is 0 Å². The summed E-state index contributed by atoms with van der Waals surface area (Å²) in [6, 6.07) is 0. The fraction of sp³-hybridized carbons (Fsp3) is 0.833. The highest BCUT2D eigenvalue weighted by molar-refractivity contribution is 5.82. The number of ether oxygens (including phenoxy) is 2. The molecule has 6 nitrogen and oxygen atoms in total. The minimum Gasteiger partial charge on any atom is -0.479 e. The van der Waals surface area contributed by atoms with Gasteiger partial charge >= 0.3 is 5.97 Å². The van der Waals surface area contributed by atoms with Crippen molar-refractivity contribution in [3.05, 3.63) is 0 Å². The molecule has 0 aliphatic carbocycles. The molecular formula is C12H21NO5. The number of hydrogen-bond donors (Lipinski definition) is 2. The second-order valence-electron chi connectivity index (χ2n) is 4.79. The van der Waals surface area contributed by atoms with Crippen LogP contribution in [0.5, 0.6) is 0 Å². The Hall–Kier alpha value is -1.14. The lowest BCUT2D eigenvalue weighted by Gasteiger charge is -2.20. The topological polar surface area (TPSA) is 84.9 Å². The summed E-state index contributed by atoms with van der Waals surface area (Å²) >= 11 is 0. The van der Waals surface area contributed by atoms with Gasteiger partial charge in [-0.15, -0.1) is 0 Å². The van der Waals surface area contributed by atoms with Gasteiger partial charge in [0.15, 0.2) is 6.10 Å². The highest BCUT2D eigenvalue weighted by Gasteiger charge is 2.34. The van der Waals surface area contributed by atoms with Gasteiger partial charge < -0.3 is 19.9 Å². The largest absolute Gasteiger partial charge is 0.479 e. The zero-order valence-electron chi connectivity index (χ0n) is 11.0. The predicted molar refractivity (Wildman–Crippen MR) is 64.2 cm³/mol. The fourth-order valence-corrected chi connectivity index (χ4v) is 1.92. The molecule has 1 amide bonds. The van der Waals surface area contributed by atoms with Crippen molar-refractivity contribution in [3.63, 3.8) is 0 Å². The molecule has 1 saturated heterocycles. The highest BCUT2D eigenvalue weighted by atomic mass is 16.5. The maximum absolute atomic E-state index is 11.8. The number of carboxylic acid groups (broad SMARTS) is 1. The summed E-state index contributed by atoms with van der Waals surface area (Å²) in [6.07, 6.45) is -0.738. The number of aliphatic carboxylic acids is 1. The summed E-state index contributed by atoms with van der Waals surface area (Å²) < 4.78 is 10.4. The van der Waals surface area contributed by atoms with E-state index in [1.54, 1.807) is 7.11 Å². The quantitative estimate of drug-likeness (QED) is 0.721. The van der Waals surface area contributed by atoms with Crippen LogP contribution in [0.4, 0.5) is 0 Å². The Balaban J connectivity index is 2.36. The van der Waals surface area contributed by atoms with Crippen molar-refractivity contribution in [2.45, 2.75) is 45.0 Å². The fourth-order valence-electron chi connectivity index (χ4n) is 1.92. The van der Waals surface area contributed by atoms with E-state index >= 15 is 0 Å². The Kier molecular flexibility index (Phi) is 5.55. The number of amides is 1. The minimum absolute atomic E-state index is 0.0503. The van der Waals surface area contributed by atoms with E-state index in [0.717, 1.165) is 0 Å². The molecule has 1 fully saturated rings. The monoisotopic (exact) mass is 259 g/mol. The number of hydrogen-bond acceptors (Lipinski definition) is 4. The van der Waals surface area contributed by atoms with Gasteiger partial charge in [-0.1, -0.05) is 13.8 Å². The first-order chi connectivity index (χ1) is 8.45. The van der Waals surface area contributed by atoms with Crippen molar-refractivity contribution in [2.75, 3.05) is 13.7 Å². The van der Waals surface area contributed by atoms with E-state index in [4.69, 9.17) is 14.6 Å². The van der Waals surface area contributed by atoms with Gasteiger partial charge in [0.05, 0.1) is 6.10 Å². The van der Waals surface area contributed by atoms with E-state index in [2.05, 4.69) is 5.32 Å². The average molecular weight is 259 g/mol. The molecule has 1 heterocycles. The third-order valence-electron chi connectivity index (χ3n) is 3.11. The zero-order valence-corrected chi connectivity index (χ0v) is 11.0. The molecule has 0 saturated carbocycles.